The van der Waals surface area contributed by atoms with Crippen LogP contribution < -0.4 is 0 Å². The Labute approximate surface area is 187 Å². The van der Waals surface area contributed by atoms with Gasteiger partial charge in [-0.3, -0.25) is 9.80 Å². The first-order valence-electron chi connectivity index (χ1n) is 10.5. The highest BCUT2D eigenvalue weighted by Crippen LogP contribution is 2.25. The number of carbonyl (C=O) groups excluding carboxylic acids is 1. The van der Waals surface area contributed by atoms with Gasteiger partial charge in [0.05, 0.1) is 6.54 Å². The molecule has 0 saturated heterocycles. The summed E-state index contributed by atoms with van der Waals surface area (Å²) in [6.45, 7) is 19.1. The fourth-order valence-electron chi connectivity index (χ4n) is 3.24. The fraction of sp³-hybridized carbons (Fsp3) is 0.810. The zero-order chi connectivity index (χ0) is 22.0. The molecule has 0 amide bonds. The molecule has 0 saturated carbocycles. The zero-order valence-electron chi connectivity index (χ0n) is 18.9. The average molecular weight is 473 g/mol. The predicted molar refractivity (Wildman–Crippen MR) is 127 cm³/mol. The Hall–Kier alpha value is -0.535. The topological polar surface area (TPSA) is 54.4 Å². The van der Waals surface area contributed by atoms with E-state index in [9.17, 15) is 4.79 Å². The lowest BCUT2D eigenvalue weighted by Gasteiger charge is -2.32. The monoisotopic (exact) mass is 472 g/mol. The van der Waals surface area contributed by atoms with Gasteiger partial charge in [0.1, 0.15) is 6.29 Å². The minimum absolute atomic E-state index is 0.0723. The van der Waals surface area contributed by atoms with Crippen LogP contribution in [0.5, 0.6) is 0 Å². The largest absolute Gasteiger partial charge is 0.458 e. The van der Waals surface area contributed by atoms with E-state index >= 15 is 0 Å². The molecule has 8 heteroatoms. The summed E-state index contributed by atoms with van der Waals surface area (Å²) in [5, 5.41) is 0.824. The molecule has 0 unspecified atom stereocenters. The second kappa shape index (κ2) is 18.3. The number of halogens is 1. The van der Waals surface area contributed by atoms with Crippen LogP contribution in [0.1, 0.15) is 40.5 Å². The summed E-state index contributed by atoms with van der Waals surface area (Å²) in [5.74, 6) is 0. The van der Waals surface area contributed by atoms with E-state index in [-0.39, 0.29) is 5.41 Å². The maximum atomic E-state index is 11.1. The van der Waals surface area contributed by atoms with Crippen LogP contribution in [0, 0.1) is 5.41 Å². The van der Waals surface area contributed by atoms with Crippen LogP contribution in [0.4, 0.5) is 0 Å². The molecule has 0 N–H and O–H groups in total. The number of alkyl halides is 1. The number of likely N-dealkylation sites (N-methyl/N-ethyl adjacent to an activating group) is 1. The van der Waals surface area contributed by atoms with Crippen molar-refractivity contribution in [1.29, 1.82) is 0 Å². The van der Waals surface area contributed by atoms with Gasteiger partial charge >= 0.3 is 7.62 Å². The van der Waals surface area contributed by atoms with Crippen molar-refractivity contribution in [3.8, 4) is 0 Å². The van der Waals surface area contributed by atoms with Crippen molar-refractivity contribution in [3.63, 3.8) is 0 Å². The second-order valence-corrected chi connectivity index (χ2v) is 8.23. The van der Waals surface area contributed by atoms with Gasteiger partial charge in [-0.1, -0.05) is 48.4 Å². The van der Waals surface area contributed by atoms with Crippen molar-refractivity contribution in [2.45, 2.75) is 40.5 Å². The Bertz CT molecular complexity index is 468. The number of aldehydes is 1. The molecule has 29 heavy (non-hydrogen) atoms. The Morgan fingerprint density at radius 2 is 2.00 bits per heavy atom. The number of hydrogen-bond donors (Lipinski definition) is 0. The highest BCUT2D eigenvalue weighted by Gasteiger charge is 2.24. The number of ether oxygens (including phenoxy) is 1. The highest BCUT2D eigenvalue weighted by atomic mass is 79.9. The predicted octanol–water partition coefficient (Wildman–Crippen LogP) is 3.22. The van der Waals surface area contributed by atoms with Crippen LogP contribution in [0.3, 0.4) is 0 Å². The Balaban J connectivity index is 4.74. The van der Waals surface area contributed by atoms with E-state index in [0.717, 1.165) is 63.9 Å². The van der Waals surface area contributed by atoms with Gasteiger partial charge in [0.25, 0.3) is 0 Å². The molecule has 0 aliphatic carbocycles. The summed E-state index contributed by atoms with van der Waals surface area (Å²) in [7, 11) is 1.33. The summed E-state index contributed by atoms with van der Waals surface area (Å²) >= 11 is 3.67. The van der Waals surface area contributed by atoms with Crippen LogP contribution >= 0.6 is 15.9 Å². The van der Waals surface area contributed by atoms with Crippen molar-refractivity contribution in [3.05, 3.63) is 11.6 Å². The first-order chi connectivity index (χ1) is 13.9. The SMILES string of the molecule is C=N[B]OCCN(CC=O)C[C@](C)(/C=C(\C)CN(CC)CCCOCCC)CBr. The first kappa shape index (κ1) is 28.5. The molecule has 0 spiro atoms. The van der Waals surface area contributed by atoms with Gasteiger partial charge in [-0.15, -0.1) is 0 Å². The molecule has 0 aromatic carbocycles. The van der Waals surface area contributed by atoms with E-state index in [1.54, 1.807) is 0 Å². The van der Waals surface area contributed by atoms with Crippen LogP contribution in [-0.2, 0) is 14.2 Å². The van der Waals surface area contributed by atoms with E-state index in [2.05, 4.69) is 71.1 Å². The average Bonchev–Trinajstić information content (AvgIpc) is 2.70. The molecular weight excluding hydrogens is 433 g/mol. The van der Waals surface area contributed by atoms with Gasteiger partial charge in [0.15, 0.2) is 0 Å². The van der Waals surface area contributed by atoms with E-state index in [0.29, 0.717) is 19.7 Å². The van der Waals surface area contributed by atoms with Gasteiger partial charge in [0, 0.05) is 56.7 Å². The number of hydrogen-bond acceptors (Lipinski definition) is 6. The third-order valence-electron chi connectivity index (χ3n) is 4.52. The first-order valence-corrected chi connectivity index (χ1v) is 11.7. The third-order valence-corrected chi connectivity index (χ3v) is 5.80. The lowest BCUT2D eigenvalue weighted by atomic mass is 9.90. The van der Waals surface area contributed by atoms with Crippen LogP contribution in [-0.4, -0.2) is 94.8 Å². The maximum absolute atomic E-state index is 11.1. The Morgan fingerprint density at radius 1 is 1.24 bits per heavy atom. The summed E-state index contributed by atoms with van der Waals surface area (Å²) in [4.78, 5) is 19.2. The van der Waals surface area contributed by atoms with Gasteiger partial charge in [0.2, 0.25) is 0 Å². The van der Waals surface area contributed by atoms with Gasteiger partial charge in [-0.05, 0) is 33.0 Å². The van der Waals surface area contributed by atoms with Gasteiger partial charge < -0.3 is 19.1 Å². The van der Waals surface area contributed by atoms with E-state index in [4.69, 9.17) is 9.39 Å². The molecule has 1 atom stereocenters. The molecule has 0 aromatic heterocycles. The molecule has 0 aliphatic rings. The molecule has 0 rings (SSSR count). The molecule has 0 aromatic rings. The number of nitrogens with zero attached hydrogens (tertiary/aromatic N) is 3. The van der Waals surface area contributed by atoms with E-state index < -0.39 is 0 Å². The lowest BCUT2D eigenvalue weighted by molar-refractivity contribution is -0.109. The molecule has 1 radical (unpaired) electrons. The Kier molecular flexibility index (Phi) is 17.9. The third kappa shape index (κ3) is 15.0. The molecule has 0 heterocycles. The summed E-state index contributed by atoms with van der Waals surface area (Å²) in [6.07, 6.45) is 5.41. The zero-order valence-corrected chi connectivity index (χ0v) is 20.5. The molecule has 167 valence electrons. The maximum Gasteiger partial charge on any atom is 0.458 e. The van der Waals surface area contributed by atoms with Crippen molar-refractivity contribution >= 4 is 36.6 Å². The highest BCUT2D eigenvalue weighted by molar-refractivity contribution is 9.09. The van der Waals surface area contributed by atoms with E-state index in [1.165, 1.54) is 13.2 Å². The minimum Gasteiger partial charge on any atom is -0.417 e. The van der Waals surface area contributed by atoms with Gasteiger partial charge in [-0.25, -0.2) is 0 Å². The fourth-order valence-corrected chi connectivity index (χ4v) is 3.58. The van der Waals surface area contributed by atoms with Crippen molar-refractivity contribution < 1.29 is 14.2 Å². The minimum atomic E-state index is -0.0723. The molecule has 0 fully saturated rings. The molecule has 6 nitrogen and oxygen atoms in total. The van der Waals surface area contributed by atoms with Crippen molar-refractivity contribution in [1.82, 2.24) is 9.80 Å². The smallest absolute Gasteiger partial charge is 0.417 e. The summed E-state index contributed by atoms with van der Waals surface area (Å²) < 4.78 is 10.9. The Morgan fingerprint density at radius 3 is 2.59 bits per heavy atom. The lowest BCUT2D eigenvalue weighted by Crippen LogP contribution is -2.39. The van der Waals surface area contributed by atoms with Gasteiger partial charge in [-0.2, -0.15) is 0 Å². The van der Waals surface area contributed by atoms with Crippen LogP contribution in [0.15, 0.2) is 16.6 Å². The van der Waals surface area contributed by atoms with Crippen LogP contribution in [0.25, 0.3) is 0 Å². The number of rotatable bonds is 20. The van der Waals surface area contributed by atoms with E-state index in [1.807, 2.05) is 0 Å². The second-order valence-electron chi connectivity index (χ2n) is 7.67. The molecule has 0 bridgehead atoms. The van der Waals surface area contributed by atoms with Crippen molar-refractivity contribution in [2.24, 2.45) is 10.3 Å². The molecular formula is C21H40BBrN3O3. The molecule has 0 aliphatic heterocycles. The number of carbonyl (C=O) groups is 1. The van der Waals surface area contributed by atoms with Crippen molar-refractivity contribution in [2.75, 3.05) is 64.4 Å². The quantitative estimate of drug-likeness (QED) is 0.0679. The normalized spacial score (nSPS) is 14.2. The van der Waals surface area contributed by atoms with Crippen LogP contribution in [0.2, 0.25) is 0 Å². The summed E-state index contributed by atoms with van der Waals surface area (Å²) in [5.41, 5.74) is 1.27. The standard InChI is InChI=1S/C21H40BBrN3O3/c1-6-13-28-14-8-9-25(7-2)17-20(3)16-21(4,18-23)19-26(10-12-27)11-15-29-22-24-5/h12,16H,5-11,13-15,17-19H2,1-4H3/b20-16+/t21-/m1/s1. The summed E-state index contributed by atoms with van der Waals surface area (Å²) in [6, 6.07) is 0.